The maximum Gasteiger partial charge on any atom is 0.243 e. The topological polar surface area (TPSA) is 37.4 Å². The lowest BCUT2D eigenvalue weighted by Crippen LogP contribution is -2.41. The van der Waals surface area contributed by atoms with Gasteiger partial charge in [0.05, 0.1) is 4.90 Å². The molecule has 4 heteroatoms. The monoisotopic (exact) mass is 253 g/mol. The fourth-order valence-corrected chi connectivity index (χ4v) is 3.74. The van der Waals surface area contributed by atoms with Crippen molar-refractivity contribution >= 4 is 10.0 Å². The average molecular weight is 253 g/mol. The molecule has 0 N–H and O–H groups in total. The van der Waals surface area contributed by atoms with Gasteiger partial charge in [0.2, 0.25) is 10.0 Å². The summed E-state index contributed by atoms with van der Waals surface area (Å²) in [6.07, 6.45) is 0.974. The minimum absolute atomic E-state index is 0.427. The number of sulfonamides is 1. The van der Waals surface area contributed by atoms with Gasteiger partial charge in [0.1, 0.15) is 0 Å². The molecule has 0 aromatic heterocycles. The van der Waals surface area contributed by atoms with Crippen LogP contribution in [-0.4, -0.2) is 25.8 Å². The Morgan fingerprint density at radius 2 is 1.88 bits per heavy atom. The first-order valence-corrected chi connectivity index (χ1v) is 7.47. The Morgan fingerprint density at radius 1 is 1.24 bits per heavy atom. The zero-order valence-electron chi connectivity index (χ0n) is 10.6. The van der Waals surface area contributed by atoms with Crippen LogP contribution in [0.4, 0.5) is 0 Å². The lowest BCUT2D eigenvalue weighted by atomic mass is 9.98. The van der Waals surface area contributed by atoms with E-state index in [0.29, 0.717) is 23.9 Å². The molecule has 1 saturated heterocycles. The summed E-state index contributed by atoms with van der Waals surface area (Å²) >= 11 is 0. The zero-order valence-corrected chi connectivity index (χ0v) is 11.4. The molecule has 2 rings (SSSR count). The fourth-order valence-electron chi connectivity index (χ4n) is 2.13. The van der Waals surface area contributed by atoms with Gasteiger partial charge in [-0.25, -0.2) is 8.42 Å². The first-order chi connectivity index (χ1) is 7.93. The summed E-state index contributed by atoms with van der Waals surface area (Å²) in [6, 6.07) is 5.46. The first-order valence-electron chi connectivity index (χ1n) is 6.03. The molecule has 94 valence electrons. The van der Waals surface area contributed by atoms with Crippen LogP contribution in [0.3, 0.4) is 0 Å². The van der Waals surface area contributed by atoms with E-state index in [1.54, 1.807) is 12.1 Å². The van der Waals surface area contributed by atoms with E-state index in [9.17, 15) is 8.42 Å². The second-order valence-electron chi connectivity index (χ2n) is 4.93. The third kappa shape index (κ3) is 2.24. The molecule has 1 aromatic rings. The third-order valence-corrected chi connectivity index (χ3v) is 5.21. The number of hydrogen-bond acceptors (Lipinski definition) is 2. The molecule has 1 aliphatic heterocycles. The third-order valence-electron chi connectivity index (χ3n) is 3.32. The van der Waals surface area contributed by atoms with Crippen LogP contribution in [-0.2, 0) is 10.0 Å². The second kappa shape index (κ2) is 4.42. The summed E-state index contributed by atoms with van der Waals surface area (Å²) < 4.78 is 25.9. The van der Waals surface area contributed by atoms with Gasteiger partial charge in [0.15, 0.2) is 0 Å². The molecule has 1 fully saturated rings. The summed E-state index contributed by atoms with van der Waals surface area (Å²) in [7, 11) is -3.23. The van der Waals surface area contributed by atoms with Gasteiger partial charge in [0.25, 0.3) is 0 Å². The molecule has 1 aromatic carbocycles. The average Bonchev–Trinajstić information content (AvgIpc) is 2.13. The maximum absolute atomic E-state index is 12.2. The van der Waals surface area contributed by atoms with E-state index < -0.39 is 10.0 Å². The van der Waals surface area contributed by atoms with Crippen molar-refractivity contribution in [2.24, 2.45) is 0 Å². The standard InChI is InChI=1S/C13H19NO2S/c1-10(2)13-6-5-12(9-11(13)3)17(15,16)14-7-4-8-14/h5-6,9-10H,4,7-8H2,1-3H3. The van der Waals surface area contributed by atoms with Crippen molar-refractivity contribution < 1.29 is 8.42 Å². The molecule has 0 amide bonds. The fraction of sp³-hybridized carbons (Fsp3) is 0.538. The van der Waals surface area contributed by atoms with E-state index in [2.05, 4.69) is 13.8 Å². The second-order valence-corrected chi connectivity index (χ2v) is 6.87. The number of nitrogens with zero attached hydrogens (tertiary/aromatic N) is 1. The lowest BCUT2D eigenvalue weighted by Gasteiger charge is -2.30. The van der Waals surface area contributed by atoms with E-state index >= 15 is 0 Å². The van der Waals surface area contributed by atoms with E-state index in [0.717, 1.165) is 12.0 Å². The number of hydrogen-bond donors (Lipinski definition) is 0. The van der Waals surface area contributed by atoms with Gasteiger partial charge in [0, 0.05) is 13.1 Å². The normalized spacial score (nSPS) is 17.2. The van der Waals surface area contributed by atoms with Crippen molar-refractivity contribution in [3.8, 4) is 0 Å². The predicted octanol–water partition coefficient (Wildman–Crippen LogP) is 2.51. The molecular weight excluding hydrogens is 234 g/mol. The highest BCUT2D eigenvalue weighted by atomic mass is 32.2. The van der Waals surface area contributed by atoms with Gasteiger partial charge in [-0.05, 0) is 42.5 Å². The van der Waals surface area contributed by atoms with E-state index in [1.165, 1.54) is 9.87 Å². The van der Waals surface area contributed by atoms with Crippen molar-refractivity contribution in [3.63, 3.8) is 0 Å². The highest BCUT2D eigenvalue weighted by molar-refractivity contribution is 7.89. The van der Waals surface area contributed by atoms with Crippen LogP contribution in [0, 0.1) is 6.92 Å². The Balaban J connectivity index is 2.37. The maximum atomic E-state index is 12.2. The number of aryl methyl sites for hydroxylation is 1. The Bertz CT molecular complexity index is 516. The Morgan fingerprint density at radius 3 is 2.29 bits per heavy atom. The molecule has 0 atom stereocenters. The molecule has 0 aliphatic carbocycles. The van der Waals surface area contributed by atoms with E-state index in [-0.39, 0.29) is 0 Å². The predicted molar refractivity (Wildman–Crippen MR) is 68.6 cm³/mol. The summed E-state index contributed by atoms with van der Waals surface area (Å²) in [5.74, 6) is 0.427. The van der Waals surface area contributed by atoms with Crippen LogP contribution in [0.15, 0.2) is 23.1 Å². The van der Waals surface area contributed by atoms with Crippen LogP contribution >= 0.6 is 0 Å². The molecule has 1 heterocycles. The summed E-state index contributed by atoms with van der Waals surface area (Å²) in [5.41, 5.74) is 2.27. The minimum Gasteiger partial charge on any atom is -0.207 e. The van der Waals surface area contributed by atoms with Gasteiger partial charge >= 0.3 is 0 Å². The lowest BCUT2D eigenvalue weighted by molar-refractivity contribution is 0.309. The smallest absolute Gasteiger partial charge is 0.207 e. The van der Waals surface area contributed by atoms with E-state index in [1.807, 2.05) is 13.0 Å². The van der Waals surface area contributed by atoms with Gasteiger partial charge in [-0.1, -0.05) is 19.9 Å². The van der Waals surface area contributed by atoms with Crippen LogP contribution in [0.25, 0.3) is 0 Å². The van der Waals surface area contributed by atoms with Crippen LogP contribution in [0.5, 0.6) is 0 Å². The number of benzene rings is 1. The molecule has 3 nitrogen and oxygen atoms in total. The van der Waals surface area contributed by atoms with Crippen LogP contribution in [0.2, 0.25) is 0 Å². The highest BCUT2D eigenvalue weighted by Crippen LogP contribution is 2.25. The quantitative estimate of drug-likeness (QED) is 0.830. The van der Waals surface area contributed by atoms with Gasteiger partial charge < -0.3 is 0 Å². The van der Waals surface area contributed by atoms with Crippen molar-refractivity contribution in [1.82, 2.24) is 4.31 Å². The van der Waals surface area contributed by atoms with Gasteiger partial charge in [-0.15, -0.1) is 0 Å². The molecule has 0 bridgehead atoms. The number of rotatable bonds is 3. The molecule has 0 saturated carbocycles. The summed E-state index contributed by atoms with van der Waals surface area (Å²) in [6.45, 7) is 7.53. The van der Waals surface area contributed by atoms with Gasteiger partial charge in [-0.3, -0.25) is 0 Å². The Hall–Kier alpha value is -0.870. The van der Waals surface area contributed by atoms with Gasteiger partial charge in [-0.2, -0.15) is 4.31 Å². The molecule has 1 aliphatic rings. The Kier molecular flexibility index (Phi) is 3.27. The molecule has 0 radical (unpaired) electrons. The molecule has 0 unspecified atom stereocenters. The SMILES string of the molecule is Cc1cc(S(=O)(=O)N2CCC2)ccc1C(C)C. The van der Waals surface area contributed by atoms with Crippen molar-refractivity contribution in [1.29, 1.82) is 0 Å². The van der Waals surface area contributed by atoms with Crippen LogP contribution in [0.1, 0.15) is 37.3 Å². The van der Waals surface area contributed by atoms with Crippen molar-refractivity contribution in [2.45, 2.75) is 38.0 Å². The zero-order chi connectivity index (χ0) is 12.6. The molecule has 0 spiro atoms. The van der Waals surface area contributed by atoms with Crippen LogP contribution < -0.4 is 0 Å². The molecular formula is C13H19NO2S. The molecule has 17 heavy (non-hydrogen) atoms. The largest absolute Gasteiger partial charge is 0.243 e. The Labute approximate surface area is 104 Å². The summed E-state index contributed by atoms with van der Waals surface area (Å²) in [4.78, 5) is 0.430. The van der Waals surface area contributed by atoms with E-state index in [4.69, 9.17) is 0 Å². The van der Waals surface area contributed by atoms with Crippen molar-refractivity contribution in [2.75, 3.05) is 13.1 Å². The summed E-state index contributed by atoms with van der Waals surface area (Å²) in [5, 5.41) is 0. The van der Waals surface area contributed by atoms with Crippen molar-refractivity contribution in [3.05, 3.63) is 29.3 Å². The first kappa shape index (κ1) is 12.6. The minimum atomic E-state index is -3.23. The highest BCUT2D eigenvalue weighted by Gasteiger charge is 2.29.